The normalized spacial score (nSPS) is 16.9. The van der Waals surface area contributed by atoms with Crippen molar-refractivity contribution in [3.05, 3.63) is 71.0 Å². The number of benzene rings is 2. The molecule has 3 aromatic rings. The summed E-state index contributed by atoms with van der Waals surface area (Å²) in [5, 5.41) is 7.38. The lowest BCUT2D eigenvalue weighted by Crippen LogP contribution is -2.39. The van der Waals surface area contributed by atoms with Crippen molar-refractivity contribution in [3.8, 4) is 17.2 Å². The van der Waals surface area contributed by atoms with Crippen LogP contribution in [0.2, 0.25) is 0 Å². The van der Waals surface area contributed by atoms with Crippen LogP contribution in [0.4, 0.5) is 0 Å². The van der Waals surface area contributed by atoms with Crippen LogP contribution in [0.25, 0.3) is 5.69 Å². The summed E-state index contributed by atoms with van der Waals surface area (Å²) in [5.41, 5.74) is 2.49. The van der Waals surface area contributed by atoms with E-state index < -0.39 is 5.59 Å². The van der Waals surface area contributed by atoms with E-state index in [2.05, 4.69) is 22.5 Å². The number of carbonyl (C=O) groups is 1. The van der Waals surface area contributed by atoms with Gasteiger partial charge in [-0.05, 0) is 67.1 Å². The first kappa shape index (κ1) is 20.7. The summed E-state index contributed by atoms with van der Waals surface area (Å²) in [7, 11) is 11.8. The lowest BCUT2D eigenvalue weighted by atomic mass is 9.76. The smallest absolute Gasteiger partial charge is 0.255 e. The van der Waals surface area contributed by atoms with Gasteiger partial charge in [-0.3, -0.25) is 4.79 Å². The number of nitrogens with one attached hydrogen (secondary N) is 1. The predicted octanol–water partition coefficient (Wildman–Crippen LogP) is 3.16. The Bertz CT molecular complexity index is 1140. The number of carbonyl (C=O) groups excluding carboxylic acids is 1. The molecule has 1 aromatic heterocycles. The second kappa shape index (κ2) is 8.08. The summed E-state index contributed by atoms with van der Waals surface area (Å²) in [6.07, 6.45) is 8.51. The Kier molecular flexibility index (Phi) is 5.24. The first-order valence-electron chi connectivity index (χ1n) is 10.9. The van der Waals surface area contributed by atoms with Gasteiger partial charge in [-0.15, -0.1) is 0 Å². The van der Waals surface area contributed by atoms with Crippen LogP contribution in [0.1, 0.15) is 52.7 Å². The second-order valence-corrected chi connectivity index (χ2v) is 8.54. The van der Waals surface area contributed by atoms with Crippen molar-refractivity contribution in [2.75, 3.05) is 0 Å². The largest absolute Gasteiger partial charge is 0.468 e. The third-order valence-electron chi connectivity index (χ3n) is 6.15. The maximum Gasteiger partial charge on any atom is 0.255 e. The molecule has 1 aliphatic heterocycles. The number of nitrogens with zero attached hydrogens (tertiary/aromatic N) is 2. The number of aromatic nitrogens is 2. The first-order valence-corrected chi connectivity index (χ1v) is 10.9. The number of hydrogen-bond acceptors (Lipinski definition) is 4. The molecule has 1 fully saturated rings. The molecule has 5 rings (SSSR count). The second-order valence-electron chi connectivity index (χ2n) is 8.54. The zero-order valence-electron chi connectivity index (χ0n) is 18.0. The van der Waals surface area contributed by atoms with E-state index in [1.807, 2.05) is 42.1 Å². The van der Waals surface area contributed by atoms with Gasteiger partial charge in [0.2, 0.25) is 0 Å². The minimum absolute atomic E-state index is 0.181. The quantitative estimate of drug-likeness (QED) is 0.641. The highest BCUT2D eigenvalue weighted by atomic mass is 16.7. The van der Waals surface area contributed by atoms with Gasteiger partial charge in [-0.25, -0.2) is 4.68 Å². The lowest BCUT2D eigenvalue weighted by Gasteiger charge is -2.19. The van der Waals surface area contributed by atoms with Crippen molar-refractivity contribution in [2.24, 2.45) is 0 Å². The minimum atomic E-state index is -1.79. The summed E-state index contributed by atoms with van der Waals surface area (Å²) in [4.78, 5) is 13.1. The third-order valence-corrected chi connectivity index (χ3v) is 6.15. The molecule has 2 aromatic carbocycles. The summed E-state index contributed by atoms with van der Waals surface area (Å²) in [6.45, 7) is 1.93. The highest BCUT2D eigenvalue weighted by Gasteiger charge is 2.36. The van der Waals surface area contributed by atoms with Gasteiger partial charge in [0.15, 0.2) is 32.8 Å². The molecule has 0 saturated heterocycles. The number of ether oxygens (including phenoxy) is 2. The van der Waals surface area contributed by atoms with Crippen LogP contribution in [-0.2, 0) is 6.42 Å². The van der Waals surface area contributed by atoms with Gasteiger partial charge >= 0.3 is 0 Å². The number of fused-ring (bicyclic) bond motifs is 1. The molecule has 1 N–H and O–H groups in total. The highest BCUT2D eigenvalue weighted by molar-refractivity contribution is 6.38. The van der Waals surface area contributed by atoms with E-state index in [-0.39, 0.29) is 11.9 Å². The van der Waals surface area contributed by atoms with Crippen LogP contribution in [0.15, 0.2) is 48.8 Å². The van der Waals surface area contributed by atoms with E-state index in [0.29, 0.717) is 23.5 Å². The standard InChI is InChI=1S/C24H23B2N3O3/c1-15-17(13-16-7-9-19(10-8-16)29-12-4-11-27-29)14-20(22-21(15)31-24(25,26)32-22)23(30)28-18-5-2-3-6-18/h4,7-12,14,18H,2-3,5-6,13H2,1H3,(H,28,30). The predicted molar refractivity (Wildman–Crippen MR) is 123 cm³/mol. The molecule has 0 atom stereocenters. The molecule has 0 unspecified atom stereocenters. The van der Waals surface area contributed by atoms with E-state index in [1.54, 1.807) is 6.20 Å². The summed E-state index contributed by atoms with van der Waals surface area (Å²) in [5.74, 6) is 0.544. The fourth-order valence-corrected chi connectivity index (χ4v) is 4.44. The molecule has 8 heteroatoms. The molecule has 1 saturated carbocycles. The fourth-order valence-electron chi connectivity index (χ4n) is 4.44. The molecule has 32 heavy (non-hydrogen) atoms. The van der Waals surface area contributed by atoms with Gasteiger partial charge in [0.05, 0.1) is 11.3 Å². The zero-order chi connectivity index (χ0) is 22.3. The Morgan fingerprint density at radius 3 is 2.59 bits per heavy atom. The molecule has 2 aliphatic rings. The highest BCUT2D eigenvalue weighted by Crippen LogP contribution is 2.44. The molecular weight excluding hydrogens is 400 g/mol. The van der Waals surface area contributed by atoms with Crippen LogP contribution in [0.5, 0.6) is 11.5 Å². The van der Waals surface area contributed by atoms with E-state index in [9.17, 15) is 4.79 Å². The van der Waals surface area contributed by atoms with Crippen LogP contribution < -0.4 is 14.8 Å². The van der Waals surface area contributed by atoms with Gasteiger partial charge in [-0.2, -0.15) is 5.10 Å². The Balaban J connectivity index is 1.46. The van der Waals surface area contributed by atoms with Gasteiger partial charge in [0.1, 0.15) is 0 Å². The van der Waals surface area contributed by atoms with Crippen molar-refractivity contribution in [3.63, 3.8) is 0 Å². The number of hydrogen-bond donors (Lipinski definition) is 1. The van der Waals surface area contributed by atoms with Crippen LogP contribution in [-0.4, -0.2) is 43.0 Å². The summed E-state index contributed by atoms with van der Waals surface area (Å²) < 4.78 is 13.1. The van der Waals surface area contributed by atoms with Crippen molar-refractivity contribution in [2.45, 2.75) is 50.7 Å². The average Bonchev–Trinajstić information content (AvgIpc) is 3.52. The van der Waals surface area contributed by atoms with Gasteiger partial charge in [0, 0.05) is 18.4 Å². The number of amides is 1. The van der Waals surface area contributed by atoms with Crippen LogP contribution in [0, 0.1) is 6.92 Å². The summed E-state index contributed by atoms with van der Waals surface area (Å²) >= 11 is 0. The monoisotopic (exact) mass is 423 g/mol. The SMILES string of the molecule is [B]C1([B])Oc2c(C(=O)NC3CCCC3)cc(Cc3ccc(-n4cccn4)cc3)c(C)c2O1. The van der Waals surface area contributed by atoms with E-state index in [1.165, 1.54) is 0 Å². The Morgan fingerprint density at radius 2 is 1.91 bits per heavy atom. The topological polar surface area (TPSA) is 65.4 Å². The van der Waals surface area contributed by atoms with Gasteiger partial charge in [0.25, 0.3) is 5.91 Å². The van der Waals surface area contributed by atoms with E-state index in [0.717, 1.165) is 48.1 Å². The van der Waals surface area contributed by atoms with Gasteiger partial charge in [-0.1, -0.05) is 25.0 Å². The van der Waals surface area contributed by atoms with Crippen molar-refractivity contribution < 1.29 is 14.3 Å². The molecule has 6 nitrogen and oxygen atoms in total. The average molecular weight is 423 g/mol. The molecule has 0 bridgehead atoms. The Morgan fingerprint density at radius 1 is 1.19 bits per heavy atom. The lowest BCUT2D eigenvalue weighted by molar-refractivity contribution is 0.0808. The van der Waals surface area contributed by atoms with Crippen molar-refractivity contribution in [1.82, 2.24) is 15.1 Å². The molecule has 0 spiro atoms. The molecular formula is C24H23B2N3O3. The Labute approximate surface area is 190 Å². The van der Waals surface area contributed by atoms with Crippen molar-refractivity contribution >= 4 is 21.6 Å². The molecule has 2 heterocycles. The summed E-state index contributed by atoms with van der Waals surface area (Å²) in [6, 6.07) is 12.1. The van der Waals surface area contributed by atoms with Gasteiger partial charge < -0.3 is 14.8 Å². The Hall–Kier alpha value is -3.15. The zero-order valence-corrected chi connectivity index (χ0v) is 18.0. The molecule has 4 radical (unpaired) electrons. The van der Waals surface area contributed by atoms with Crippen LogP contribution in [0.3, 0.4) is 0 Å². The first-order chi connectivity index (χ1) is 15.4. The van der Waals surface area contributed by atoms with Crippen LogP contribution >= 0.6 is 0 Å². The third kappa shape index (κ3) is 4.01. The minimum Gasteiger partial charge on any atom is -0.468 e. The number of rotatable bonds is 5. The van der Waals surface area contributed by atoms with Crippen molar-refractivity contribution in [1.29, 1.82) is 0 Å². The maximum atomic E-state index is 13.1. The van der Waals surface area contributed by atoms with E-state index >= 15 is 0 Å². The maximum absolute atomic E-state index is 13.1. The fraction of sp³-hybridized carbons (Fsp3) is 0.333. The molecule has 1 aliphatic carbocycles. The molecule has 1 amide bonds. The van der Waals surface area contributed by atoms with E-state index in [4.69, 9.17) is 25.2 Å². The molecule has 158 valence electrons.